The van der Waals surface area contributed by atoms with Gasteiger partial charge in [-0.1, -0.05) is 0 Å². The van der Waals surface area contributed by atoms with Gasteiger partial charge in [-0.2, -0.15) is 0 Å². The first kappa shape index (κ1) is 15.4. The lowest BCUT2D eigenvalue weighted by Crippen LogP contribution is -2.32. The summed E-state index contributed by atoms with van der Waals surface area (Å²) in [7, 11) is -3.77. The van der Waals surface area contributed by atoms with Gasteiger partial charge in [-0.25, -0.2) is 17.2 Å². The third-order valence-corrected chi connectivity index (χ3v) is 3.51. The normalized spacial score (nSPS) is 11.3. The maximum absolute atomic E-state index is 13.6. The van der Waals surface area contributed by atoms with Crippen molar-refractivity contribution in [2.75, 3.05) is 17.1 Å². The Morgan fingerprint density at radius 3 is 2.47 bits per heavy atom. The monoisotopic (exact) mass is 293 g/mol. The lowest BCUT2D eigenvalue weighted by atomic mass is 10.2. The molecule has 1 rings (SSSR count). The Hall–Kier alpha value is -1.70. The minimum atomic E-state index is -3.77. The Kier molecular flexibility index (Phi) is 4.82. The number of carbonyl (C=O) groups is 1. The van der Waals surface area contributed by atoms with Gasteiger partial charge in [0.05, 0.1) is 11.9 Å². The number of carboxylic acid groups (broad SMARTS) is 1. The number of benzene rings is 1. The molecule has 0 aliphatic carbocycles. The van der Waals surface area contributed by atoms with E-state index in [0.717, 1.165) is 22.7 Å². The van der Waals surface area contributed by atoms with Gasteiger partial charge < -0.3 is 5.11 Å². The van der Waals surface area contributed by atoms with Crippen molar-refractivity contribution in [1.29, 1.82) is 0 Å². The molecule has 19 heavy (non-hydrogen) atoms. The first-order valence-electron chi connectivity index (χ1n) is 5.36. The highest BCUT2D eigenvalue weighted by atomic mass is 32.2. The molecule has 0 heterocycles. The molecule has 0 saturated carbocycles. The number of nitrogens with zero attached hydrogens (tertiary/aromatic N) is 1. The van der Waals surface area contributed by atoms with Crippen LogP contribution in [0.2, 0.25) is 0 Å². The van der Waals surface area contributed by atoms with E-state index < -0.39 is 27.6 Å². The van der Waals surface area contributed by atoms with Gasteiger partial charge >= 0.3 is 5.97 Å². The molecule has 8 heteroatoms. The van der Waals surface area contributed by atoms with Crippen LogP contribution in [0.1, 0.15) is 12.8 Å². The summed E-state index contributed by atoms with van der Waals surface area (Å²) in [6.45, 7) is -0.187. The molecule has 0 aromatic heterocycles. The Bertz CT molecular complexity index is 574. The number of hydrogen-bond donors (Lipinski definition) is 1. The van der Waals surface area contributed by atoms with Gasteiger partial charge in [-0.15, -0.1) is 0 Å². The maximum Gasteiger partial charge on any atom is 0.303 e. The summed E-state index contributed by atoms with van der Waals surface area (Å²) in [5.41, 5.74) is -0.297. The van der Waals surface area contributed by atoms with E-state index in [4.69, 9.17) is 5.11 Å². The summed E-state index contributed by atoms with van der Waals surface area (Å²) < 4.78 is 50.2. The highest BCUT2D eigenvalue weighted by Crippen LogP contribution is 2.23. The molecule has 0 spiro atoms. The predicted octanol–water partition coefficient (Wildman–Crippen LogP) is 1.60. The smallest absolute Gasteiger partial charge is 0.303 e. The maximum atomic E-state index is 13.6. The molecule has 106 valence electrons. The van der Waals surface area contributed by atoms with Gasteiger partial charge in [0, 0.05) is 19.0 Å². The number of rotatable bonds is 6. The minimum absolute atomic E-state index is 0.0270. The largest absolute Gasteiger partial charge is 0.481 e. The Balaban J connectivity index is 3.01. The van der Waals surface area contributed by atoms with Crippen LogP contribution in [0.15, 0.2) is 18.2 Å². The zero-order chi connectivity index (χ0) is 14.6. The molecule has 0 aliphatic heterocycles. The van der Waals surface area contributed by atoms with Gasteiger partial charge in [-0.3, -0.25) is 9.10 Å². The number of hydrogen-bond acceptors (Lipinski definition) is 3. The van der Waals surface area contributed by atoms with E-state index >= 15 is 0 Å². The molecule has 0 amide bonds. The van der Waals surface area contributed by atoms with Crippen molar-refractivity contribution in [3.63, 3.8) is 0 Å². The van der Waals surface area contributed by atoms with E-state index in [2.05, 4.69) is 0 Å². The standard InChI is InChI=1S/C11H13F2NO4S/c1-19(17,18)14(6-2-3-11(15)16)10-5-4-8(12)7-9(10)13/h4-5,7H,2-3,6H2,1H3,(H,15,16). The Morgan fingerprint density at radius 2 is 2.00 bits per heavy atom. The van der Waals surface area contributed by atoms with Gasteiger partial charge in [0.25, 0.3) is 0 Å². The molecule has 1 N–H and O–H groups in total. The second kappa shape index (κ2) is 5.96. The molecular formula is C11H13F2NO4S. The summed E-state index contributed by atoms with van der Waals surface area (Å²) in [5.74, 6) is -2.91. The lowest BCUT2D eigenvalue weighted by molar-refractivity contribution is -0.137. The Morgan fingerprint density at radius 1 is 1.37 bits per heavy atom. The van der Waals surface area contributed by atoms with Crippen LogP contribution in [-0.2, 0) is 14.8 Å². The predicted molar refractivity (Wildman–Crippen MR) is 65.4 cm³/mol. The number of sulfonamides is 1. The molecule has 0 bridgehead atoms. The third-order valence-electron chi connectivity index (χ3n) is 2.33. The fraction of sp³-hybridized carbons (Fsp3) is 0.364. The van der Waals surface area contributed by atoms with Crippen molar-refractivity contribution in [2.24, 2.45) is 0 Å². The van der Waals surface area contributed by atoms with Crippen LogP contribution in [0.3, 0.4) is 0 Å². The molecule has 0 aliphatic rings. The molecule has 0 fully saturated rings. The van der Waals surface area contributed by atoms with Crippen molar-refractivity contribution < 1.29 is 27.1 Å². The van der Waals surface area contributed by atoms with E-state index in [0.29, 0.717) is 6.07 Å². The van der Waals surface area contributed by atoms with Crippen LogP contribution in [0.5, 0.6) is 0 Å². The number of anilines is 1. The summed E-state index contributed by atoms with van der Waals surface area (Å²) in [6.07, 6.45) is 0.657. The molecule has 0 unspecified atom stereocenters. The fourth-order valence-corrected chi connectivity index (χ4v) is 2.49. The number of carboxylic acids is 1. The quantitative estimate of drug-likeness (QED) is 0.864. The second-order valence-electron chi connectivity index (χ2n) is 3.93. The molecule has 0 saturated heterocycles. The van der Waals surface area contributed by atoms with E-state index in [1.165, 1.54) is 0 Å². The van der Waals surface area contributed by atoms with Crippen molar-refractivity contribution in [1.82, 2.24) is 0 Å². The van der Waals surface area contributed by atoms with E-state index in [1.807, 2.05) is 0 Å². The van der Waals surface area contributed by atoms with Crippen LogP contribution in [0, 0.1) is 11.6 Å². The zero-order valence-electron chi connectivity index (χ0n) is 10.1. The fourth-order valence-electron chi connectivity index (χ4n) is 1.52. The van der Waals surface area contributed by atoms with Crippen molar-refractivity contribution in [3.8, 4) is 0 Å². The average molecular weight is 293 g/mol. The van der Waals surface area contributed by atoms with Crippen LogP contribution in [0.25, 0.3) is 0 Å². The molecule has 1 aromatic carbocycles. The highest BCUT2D eigenvalue weighted by Gasteiger charge is 2.21. The average Bonchev–Trinajstić information content (AvgIpc) is 2.24. The van der Waals surface area contributed by atoms with Crippen LogP contribution < -0.4 is 4.31 Å². The Labute approximate surface area is 109 Å². The second-order valence-corrected chi connectivity index (χ2v) is 5.83. The van der Waals surface area contributed by atoms with Crippen LogP contribution in [0.4, 0.5) is 14.5 Å². The lowest BCUT2D eigenvalue weighted by Gasteiger charge is -2.22. The SMILES string of the molecule is CS(=O)(=O)N(CCCC(=O)O)c1ccc(F)cc1F. The van der Waals surface area contributed by atoms with E-state index in [-0.39, 0.29) is 25.1 Å². The molecule has 0 atom stereocenters. The topological polar surface area (TPSA) is 74.7 Å². The third kappa shape index (κ3) is 4.47. The summed E-state index contributed by atoms with van der Waals surface area (Å²) in [5, 5.41) is 8.50. The van der Waals surface area contributed by atoms with Gasteiger partial charge in [0.15, 0.2) is 0 Å². The summed E-state index contributed by atoms with van der Waals surface area (Å²) >= 11 is 0. The first-order chi connectivity index (χ1) is 8.71. The molecule has 0 radical (unpaired) electrons. The van der Waals surface area contributed by atoms with Crippen LogP contribution in [-0.4, -0.2) is 32.3 Å². The van der Waals surface area contributed by atoms with Crippen LogP contribution >= 0.6 is 0 Å². The van der Waals surface area contributed by atoms with Crippen molar-refractivity contribution >= 4 is 21.7 Å². The van der Waals surface area contributed by atoms with E-state index in [1.54, 1.807) is 0 Å². The zero-order valence-corrected chi connectivity index (χ0v) is 11.0. The molecular weight excluding hydrogens is 280 g/mol. The summed E-state index contributed by atoms with van der Waals surface area (Å²) in [4.78, 5) is 10.4. The number of halogens is 2. The van der Waals surface area contributed by atoms with Crippen molar-refractivity contribution in [3.05, 3.63) is 29.8 Å². The molecule has 5 nitrogen and oxygen atoms in total. The molecule has 1 aromatic rings. The summed E-state index contributed by atoms with van der Waals surface area (Å²) in [6, 6.07) is 2.52. The first-order valence-corrected chi connectivity index (χ1v) is 7.21. The van der Waals surface area contributed by atoms with Gasteiger partial charge in [0.1, 0.15) is 11.6 Å². The number of aliphatic carboxylic acids is 1. The van der Waals surface area contributed by atoms with E-state index in [9.17, 15) is 22.0 Å². The minimum Gasteiger partial charge on any atom is -0.481 e. The highest BCUT2D eigenvalue weighted by molar-refractivity contribution is 7.92. The van der Waals surface area contributed by atoms with Gasteiger partial charge in [-0.05, 0) is 18.6 Å². The van der Waals surface area contributed by atoms with Crippen molar-refractivity contribution in [2.45, 2.75) is 12.8 Å². The van der Waals surface area contributed by atoms with Gasteiger partial charge in [0.2, 0.25) is 10.0 Å².